The van der Waals surface area contributed by atoms with Gasteiger partial charge >= 0.3 is 12.3 Å². The van der Waals surface area contributed by atoms with E-state index < -0.39 is 108 Å². The summed E-state index contributed by atoms with van der Waals surface area (Å²) in [5.74, 6) is -6.42. The monoisotopic (exact) mass is 792 g/mol. The molecule has 2 aliphatic carbocycles. The Balaban J connectivity index is 1.51. The molecule has 56 heavy (non-hydrogen) atoms. The third kappa shape index (κ3) is 11.2. The van der Waals surface area contributed by atoms with E-state index in [2.05, 4.69) is 21.3 Å². The molecule has 3 fully saturated rings. The minimum atomic E-state index is -4.75. The molecule has 6 atom stereocenters. The molecular weight excluding hydrogens is 737 g/mol. The highest BCUT2D eigenvalue weighted by atomic mass is 19.4. The zero-order valence-corrected chi connectivity index (χ0v) is 33.1. The lowest BCUT2D eigenvalue weighted by molar-refractivity contribution is -0.148. The summed E-state index contributed by atoms with van der Waals surface area (Å²) in [6.45, 7) is 8.20. The first-order valence-electron chi connectivity index (χ1n) is 19.1. The van der Waals surface area contributed by atoms with Crippen LogP contribution in [0.5, 0.6) is 0 Å². The third-order valence-corrected chi connectivity index (χ3v) is 10.9. The number of alkyl halides is 3. The van der Waals surface area contributed by atoms with E-state index >= 15 is 0 Å². The highest BCUT2D eigenvalue weighted by molar-refractivity contribution is 6.38. The average molecular weight is 793 g/mol. The lowest BCUT2D eigenvalue weighted by atomic mass is 9.83. The van der Waals surface area contributed by atoms with E-state index in [1.165, 1.54) is 23.9 Å². The molecule has 1 saturated heterocycles. The van der Waals surface area contributed by atoms with Crippen molar-refractivity contribution in [1.29, 1.82) is 0 Å². The van der Waals surface area contributed by atoms with E-state index in [1.807, 2.05) is 13.8 Å². The van der Waals surface area contributed by atoms with Gasteiger partial charge < -0.3 is 35.8 Å². The number of nitrogens with zero attached hydrogens (tertiary/aromatic N) is 2. The topological polar surface area (TPSA) is 183 Å². The molecule has 3 aliphatic rings. The zero-order chi connectivity index (χ0) is 41.7. The van der Waals surface area contributed by atoms with Crippen molar-refractivity contribution in [3.8, 4) is 0 Å². The van der Waals surface area contributed by atoms with Gasteiger partial charge in [0.2, 0.25) is 29.4 Å². The number of fused-ring (bicyclic) bond motifs is 1. The van der Waals surface area contributed by atoms with Gasteiger partial charge in [-0.1, -0.05) is 63.4 Å². The number of likely N-dealkylation sites (N-methyl/N-ethyl adjacent to an activating group) is 1. The Morgan fingerprint density at radius 1 is 0.929 bits per heavy atom. The number of amides is 6. The minimum absolute atomic E-state index is 0.138. The summed E-state index contributed by atoms with van der Waals surface area (Å²) in [6, 6.07) is 2.94. The van der Waals surface area contributed by atoms with Crippen molar-refractivity contribution in [3.05, 3.63) is 35.9 Å². The van der Waals surface area contributed by atoms with Gasteiger partial charge in [0, 0.05) is 27.1 Å². The van der Waals surface area contributed by atoms with Crippen LogP contribution in [0.4, 0.5) is 18.0 Å². The molecule has 0 radical (unpaired) electrons. The summed E-state index contributed by atoms with van der Waals surface area (Å²) in [6.07, 6.45) is -4.12. The van der Waals surface area contributed by atoms with Crippen LogP contribution in [0.2, 0.25) is 0 Å². The molecule has 14 nitrogen and oxygen atoms in total. The molecule has 2 saturated carbocycles. The Morgan fingerprint density at radius 3 is 2.12 bits per heavy atom. The first-order valence-corrected chi connectivity index (χ1v) is 19.1. The Bertz CT molecular complexity index is 1640. The van der Waals surface area contributed by atoms with E-state index in [9.17, 15) is 46.7 Å². The quantitative estimate of drug-likeness (QED) is 0.207. The summed E-state index contributed by atoms with van der Waals surface area (Å²) < 4.78 is 45.8. The molecule has 0 bridgehead atoms. The van der Waals surface area contributed by atoms with Crippen molar-refractivity contribution in [2.45, 2.75) is 116 Å². The van der Waals surface area contributed by atoms with Crippen molar-refractivity contribution in [2.24, 2.45) is 23.2 Å². The molecule has 1 aromatic rings. The van der Waals surface area contributed by atoms with Crippen LogP contribution in [-0.4, -0.2) is 108 Å². The number of hydrogen-bond donors (Lipinski definition) is 4. The molecule has 1 aliphatic heterocycles. The standard InChI is InChI=1S/C39H55F3N6O8/c1-37(2,3)56-36(55)46-29(23-16-12-9-13-17-23)35(54)48-21-24-27(38(24,4)5)30(48)32(51)44-25(18-19-39(40,41)42)31(50)33(52)43-20-26(49)45-28(34(53)47(6)7)22-14-10-8-11-15-22/h8,10-11,14-15,23-25,27-30H,9,12-13,16-21H2,1-7H3,(H,43,52)(H,44,51)(H,45,49)(H,46,55)/t24-,25-,27-,28-,29-,30-/m0/s1. The molecule has 1 heterocycles. The molecule has 4 rings (SSSR count). The molecule has 6 amide bonds. The smallest absolute Gasteiger partial charge is 0.408 e. The van der Waals surface area contributed by atoms with Crippen molar-refractivity contribution in [3.63, 3.8) is 0 Å². The molecule has 0 unspecified atom stereocenters. The second-order valence-corrected chi connectivity index (χ2v) is 16.8. The summed E-state index contributed by atoms with van der Waals surface area (Å²) >= 11 is 0. The van der Waals surface area contributed by atoms with Gasteiger partial charge in [0.1, 0.15) is 23.7 Å². The fourth-order valence-corrected chi connectivity index (χ4v) is 7.92. The van der Waals surface area contributed by atoms with Crippen LogP contribution in [0.15, 0.2) is 30.3 Å². The summed E-state index contributed by atoms with van der Waals surface area (Å²) in [4.78, 5) is 96.2. The Labute approximate surface area is 325 Å². The van der Waals surface area contributed by atoms with Crippen molar-refractivity contribution >= 4 is 41.4 Å². The van der Waals surface area contributed by atoms with Gasteiger partial charge in [-0.25, -0.2) is 4.79 Å². The van der Waals surface area contributed by atoms with Crippen LogP contribution in [0.3, 0.4) is 0 Å². The van der Waals surface area contributed by atoms with Gasteiger partial charge in [0.25, 0.3) is 5.91 Å². The summed E-state index contributed by atoms with van der Waals surface area (Å²) in [5, 5.41) is 9.66. The number of nitrogens with one attached hydrogen (secondary N) is 4. The van der Waals surface area contributed by atoms with Gasteiger partial charge in [-0.2, -0.15) is 13.2 Å². The highest BCUT2D eigenvalue weighted by Gasteiger charge is 2.70. The number of ketones is 1. The van der Waals surface area contributed by atoms with Crippen molar-refractivity contribution in [2.75, 3.05) is 27.2 Å². The number of hydrogen-bond acceptors (Lipinski definition) is 8. The maximum atomic E-state index is 14.4. The number of carbonyl (C=O) groups excluding carboxylic acids is 7. The van der Waals surface area contributed by atoms with Gasteiger partial charge in [-0.3, -0.25) is 28.8 Å². The predicted octanol–water partition coefficient (Wildman–Crippen LogP) is 3.40. The number of piperidine rings is 1. The Morgan fingerprint density at radius 2 is 1.55 bits per heavy atom. The number of rotatable bonds is 14. The number of benzene rings is 1. The Kier molecular flexibility index (Phi) is 13.8. The SMILES string of the molecule is CN(C)C(=O)[C@@H](NC(=O)CNC(=O)C(=O)[C@H](CCC(F)(F)F)NC(=O)[C@@H]1[C@@H]2[C@H](CN1C(=O)[C@@H](NC(=O)OC(C)(C)C)C1CCCCC1)C2(C)C)c1ccccc1. The number of carbonyl (C=O) groups is 7. The molecular formula is C39H55F3N6O8. The second kappa shape index (κ2) is 17.6. The van der Waals surface area contributed by atoms with E-state index in [4.69, 9.17) is 4.74 Å². The number of ether oxygens (including phenoxy) is 1. The largest absolute Gasteiger partial charge is 0.444 e. The highest BCUT2D eigenvalue weighted by Crippen LogP contribution is 2.65. The normalized spacial score (nSPS) is 22.0. The van der Waals surface area contributed by atoms with E-state index in [0.29, 0.717) is 18.4 Å². The van der Waals surface area contributed by atoms with Crippen LogP contribution in [-0.2, 0) is 33.5 Å². The fraction of sp³-hybridized carbons (Fsp3) is 0.667. The van der Waals surface area contributed by atoms with Gasteiger partial charge in [0.15, 0.2) is 0 Å². The second-order valence-electron chi connectivity index (χ2n) is 16.8. The first-order chi connectivity index (χ1) is 26.0. The van der Waals surface area contributed by atoms with Crippen LogP contribution < -0.4 is 21.3 Å². The van der Waals surface area contributed by atoms with Crippen LogP contribution in [0.1, 0.15) is 91.2 Å². The maximum Gasteiger partial charge on any atom is 0.408 e. The van der Waals surface area contributed by atoms with Crippen LogP contribution in [0.25, 0.3) is 0 Å². The van der Waals surface area contributed by atoms with Gasteiger partial charge in [0.05, 0.1) is 12.6 Å². The van der Waals surface area contributed by atoms with Crippen molar-refractivity contribution < 1.29 is 51.5 Å². The van der Waals surface area contributed by atoms with E-state index in [1.54, 1.807) is 51.1 Å². The minimum Gasteiger partial charge on any atom is -0.444 e. The first kappa shape index (κ1) is 44.0. The molecule has 4 N–H and O–H groups in total. The number of halogens is 3. The number of alkyl carbamates (subject to hydrolysis) is 1. The van der Waals surface area contributed by atoms with Gasteiger partial charge in [-0.15, -0.1) is 0 Å². The van der Waals surface area contributed by atoms with Crippen molar-refractivity contribution in [1.82, 2.24) is 31.1 Å². The van der Waals surface area contributed by atoms with E-state index in [-0.39, 0.29) is 18.4 Å². The van der Waals surface area contributed by atoms with E-state index in [0.717, 1.165) is 19.3 Å². The predicted molar refractivity (Wildman–Crippen MR) is 197 cm³/mol. The number of Topliss-reactive ketones (excluding diaryl/α,β-unsaturated/α-hetero) is 1. The van der Waals surface area contributed by atoms with Gasteiger partial charge in [-0.05, 0) is 68.8 Å². The van der Waals surface area contributed by atoms with Crippen LogP contribution >= 0.6 is 0 Å². The average Bonchev–Trinajstić information content (AvgIpc) is 3.42. The van der Waals surface area contributed by atoms with Crippen LogP contribution in [0, 0.1) is 23.2 Å². The molecule has 17 heteroatoms. The molecule has 0 aromatic heterocycles. The fourth-order valence-electron chi connectivity index (χ4n) is 7.92. The molecule has 1 aromatic carbocycles. The third-order valence-electron chi connectivity index (χ3n) is 10.9. The zero-order valence-electron chi connectivity index (χ0n) is 33.1. The summed E-state index contributed by atoms with van der Waals surface area (Å²) in [5.41, 5.74) is -0.821. The lowest BCUT2D eigenvalue weighted by Gasteiger charge is -2.37. The Hall–Kier alpha value is -4.70. The molecule has 310 valence electrons. The maximum absolute atomic E-state index is 14.4. The number of likely N-dealkylation sites (tertiary alicyclic amines) is 1. The molecule has 0 spiro atoms. The summed E-state index contributed by atoms with van der Waals surface area (Å²) in [7, 11) is 2.97. The lowest BCUT2D eigenvalue weighted by Crippen LogP contribution is -2.60.